The van der Waals surface area contributed by atoms with Gasteiger partial charge < -0.3 is 5.32 Å². The van der Waals surface area contributed by atoms with E-state index in [1.165, 1.54) is 5.56 Å². The smallest absolute Gasteiger partial charge is 0.127 e. The zero-order valence-corrected chi connectivity index (χ0v) is 14.6. The van der Waals surface area contributed by atoms with Crippen LogP contribution in [0.5, 0.6) is 0 Å². The number of likely N-dealkylation sites (tertiary alicyclic amines) is 1. The molecule has 3 rings (SSSR count). The molecule has 23 heavy (non-hydrogen) atoms. The SMILES string of the molecule is N#CC1(Nc2cccc(Br)c2)CCN(Cc2ccccc2)CC1. The van der Waals surface area contributed by atoms with E-state index in [-0.39, 0.29) is 0 Å². The molecule has 0 spiro atoms. The van der Waals surface area contributed by atoms with Crippen molar-refractivity contribution in [1.82, 2.24) is 4.90 Å². The maximum atomic E-state index is 9.71. The van der Waals surface area contributed by atoms with Crippen LogP contribution in [0.25, 0.3) is 0 Å². The molecule has 1 N–H and O–H groups in total. The Kier molecular flexibility index (Phi) is 5.00. The Morgan fingerprint density at radius 1 is 1.09 bits per heavy atom. The van der Waals surface area contributed by atoms with Gasteiger partial charge in [0.2, 0.25) is 0 Å². The molecule has 1 aliphatic heterocycles. The lowest BCUT2D eigenvalue weighted by atomic mass is 9.88. The van der Waals surface area contributed by atoms with Crippen LogP contribution in [0.3, 0.4) is 0 Å². The summed E-state index contributed by atoms with van der Waals surface area (Å²) in [5, 5.41) is 13.2. The molecule has 1 saturated heterocycles. The van der Waals surface area contributed by atoms with Crippen LogP contribution in [-0.4, -0.2) is 23.5 Å². The molecule has 0 aromatic heterocycles. The van der Waals surface area contributed by atoms with Crippen LogP contribution < -0.4 is 5.32 Å². The van der Waals surface area contributed by atoms with Crippen LogP contribution >= 0.6 is 15.9 Å². The van der Waals surface area contributed by atoms with Gasteiger partial charge in [0.25, 0.3) is 0 Å². The first kappa shape index (κ1) is 16.0. The zero-order valence-electron chi connectivity index (χ0n) is 13.0. The summed E-state index contributed by atoms with van der Waals surface area (Å²) in [5.74, 6) is 0. The minimum Gasteiger partial charge on any atom is -0.367 e. The highest BCUT2D eigenvalue weighted by Gasteiger charge is 2.34. The Hall–Kier alpha value is -1.83. The van der Waals surface area contributed by atoms with Gasteiger partial charge in [-0.2, -0.15) is 5.26 Å². The van der Waals surface area contributed by atoms with E-state index in [1.54, 1.807) is 0 Å². The monoisotopic (exact) mass is 369 g/mol. The standard InChI is InChI=1S/C19H20BrN3/c20-17-7-4-8-18(13-17)22-19(15-21)9-11-23(12-10-19)14-16-5-2-1-3-6-16/h1-8,13,22H,9-12,14H2. The number of rotatable bonds is 4. The number of piperidine rings is 1. The molecule has 1 heterocycles. The molecule has 0 unspecified atom stereocenters. The van der Waals surface area contributed by atoms with Gasteiger partial charge in [-0.1, -0.05) is 52.3 Å². The fraction of sp³-hybridized carbons (Fsp3) is 0.316. The van der Waals surface area contributed by atoms with Crippen molar-refractivity contribution in [3.05, 3.63) is 64.6 Å². The number of hydrogen-bond acceptors (Lipinski definition) is 3. The van der Waals surface area contributed by atoms with E-state index in [0.717, 1.165) is 42.6 Å². The van der Waals surface area contributed by atoms with Crippen molar-refractivity contribution in [3.63, 3.8) is 0 Å². The number of halogens is 1. The minimum absolute atomic E-state index is 0.464. The molecule has 3 nitrogen and oxygen atoms in total. The average Bonchev–Trinajstić information content (AvgIpc) is 2.58. The van der Waals surface area contributed by atoms with Gasteiger partial charge in [-0.3, -0.25) is 4.90 Å². The molecule has 0 aliphatic carbocycles. The van der Waals surface area contributed by atoms with Crippen molar-refractivity contribution in [2.45, 2.75) is 24.9 Å². The van der Waals surface area contributed by atoms with Gasteiger partial charge in [0.15, 0.2) is 0 Å². The molecule has 0 saturated carbocycles. The van der Waals surface area contributed by atoms with Crippen molar-refractivity contribution in [1.29, 1.82) is 5.26 Å². The Bertz CT molecular complexity index is 685. The Labute approximate surface area is 146 Å². The van der Waals surface area contributed by atoms with Crippen LogP contribution in [0.1, 0.15) is 18.4 Å². The van der Waals surface area contributed by atoms with Crippen molar-refractivity contribution >= 4 is 21.6 Å². The summed E-state index contributed by atoms with van der Waals surface area (Å²) >= 11 is 3.48. The second-order valence-electron chi connectivity index (χ2n) is 6.09. The maximum absolute atomic E-state index is 9.71. The number of anilines is 1. The second-order valence-corrected chi connectivity index (χ2v) is 7.01. The summed E-state index contributed by atoms with van der Waals surface area (Å²) in [7, 11) is 0. The first-order chi connectivity index (χ1) is 11.2. The van der Waals surface area contributed by atoms with Gasteiger partial charge in [0.05, 0.1) is 6.07 Å². The Morgan fingerprint density at radius 3 is 2.48 bits per heavy atom. The van der Waals surface area contributed by atoms with Gasteiger partial charge in [-0.05, 0) is 36.6 Å². The molecule has 1 aliphatic rings. The molecular formula is C19H20BrN3. The first-order valence-electron chi connectivity index (χ1n) is 7.90. The van der Waals surface area contributed by atoms with E-state index in [4.69, 9.17) is 0 Å². The molecule has 0 amide bonds. The third kappa shape index (κ3) is 4.13. The summed E-state index contributed by atoms with van der Waals surface area (Å²) < 4.78 is 1.03. The largest absolute Gasteiger partial charge is 0.367 e. The van der Waals surface area contributed by atoms with Crippen molar-refractivity contribution < 1.29 is 0 Å². The zero-order chi connectivity index (χ0) is 16.1. The van der Waals surface area contributed by atoms with Gasteiger partial charge in [0, 0.05) is 29.8 Å². The van der Waals surface area contributed by atoms with Crippen molar-refractivity contribution in [3.8, 4) is 6.07 Å². The van der Waals surface area contributed by atoms with Gasteiger partial charge in [-0.15, -0.1) is 0 Å². The van der Waals surface area contributed by atoms with Gasteiger partial charge in [-0.25, -0.2) is 0 Å². The van der Waals surface area contributed by atoms with Crippen molar-refractivity contribution in [2.75, 3.05) is 18.4 Å². The van der Waals surface area contributed by atoms with E-state index in [1.807, 2.05) is 30.3 Å². The lowest BCUT2D eigenvalue weighted by Crippen LogP contribution is -2.48. The quantitative estimate of drug-likeness (QED) is 0.866. The Morgan fingerprint density at radius 2 is 1.83 bits per heavy atom. The molecular weight excluding hydrogens is 350 g/mol. The summed E-state index contributed by atoms with van der Waals surface area (Å²) in [6.07, 6.45) is 1.67. The average molecular weight is 370 g/mol. The van der Waals surface area contributed by atoms with E-state index >= 15 is 0 Å². The molecule has 4 heteroatoms. The Balaban J connectivity index is 1.62. The minimum atomic E-state index is -0.464. The molecule has 0 bridgehead atoms. The van der Waals surface area contributed by atoms with E-state index in [9.17, 15) is 5.26 Å². The molecule has 2 aromatic rings. The lowest BCUT2D eigenvalue weighted by Gasteiger charge is -2.38. The van der Waals surface area contributed by atoms with Gasteiger partial charge in [0.1, 0.15) is 5.54 Å². The third-order valence-electron chi connectivity index (χ3n) is 4.38. The molecule has 2 aromatic carbocycles. The normalized spacial score (nSPS) is 17.4. The topological polar surface area (TPSA) is 39.1 Å². The van der Waals surface area contributed by atoms with E-state index < -0.39 is 5.54 Å². The highest BCUT2D eigenvalue weighted by atomic mass is 79.9. The van der Waals surface area contributed by atoms with Crippen LogP contribution in [0.2, 0.25) is 0 Å². The number of nitrogens with zero attached hydrogens (tertiary/aromatic N) is 2. The number of nitriles is 1. The predicted molar refractivity (Wildman–Crippen MR) is 97.1 cm³/mol. The summed E-state index contributed by atoms with van der Waals surface area (Å²) in [6.45, 7) is 2.83. The van der Waals surface area contributed by atoms with Crippen LogP contribution in [0.15, 0.2) is 59.1 Å². The van der Waals surface area contributed by atoms with Crippen LogP contribution in [0, 0.1) is 11.3 Å². The summed E-state index contributed by atoms with van der Waals surface area (Å²) in [6, 6.07) is 21.1. The maximum Gasteiger partial charge on any atom is 0.127 e. The molecule has 118 valence electrons. The highest BCUT2D eigenvalue weighted by Crippen LogP contribution is 2.28. The van der Waals surface area contributed by atoms with Crippen LogP contribution in [0.4, 0.5) is 5.69 Å². The van der Waals surface area contributed by atoms with Crippen molar-refractivity contribution in [2.24, 2.45) is 0 Å². The highest BCUT2D eigenvalue weighted by molar-refractivity contribution is 9.10. The van der Waals surface area contributed by atoms with E-state index in [2.05, 4.69) is 56.5 Å². The number of hydrogen-bond donors (Lipinski definition) is 1. The number of benzene rings is 2. The van der Waals surface area contributed by atoms with Gasteiger partial charge >= 0.3 is 0 Å². The fourth-order valence-corrected chi connectivity index (χ4v) is 3.44. The predicted octanol–water partition coefficient (Wildman–Crippen LogP) is 4.42. The van der Waals surface area contributed by atoms with Crippen LogP contribution in [-0.2, 0) is 6.54 Å². The number of nitrogens with one attached hydrogen (secondary N) is 1. The van der Waals surface area contributed by atoms with E-state index in [0.29, 0.717) is 0 Å². The summed E-state index contributed by atoms with van der Waals surface area (Å²) in [5.41, 5.74) is 1.86. The first-order valence-corrected chi connectivity index (χ1v) is 8.70. The fourth-order valence-electron chi connectivity index (χ4n) is 3.04. The molecule has 0 atom stereocenters. The summed E-state index contributed by atoms with van der Waals surface area (Å²) in [4.78, 5) is 2.42. The molecule has 0 radical (unpaired) electrons. The lowest BCUT2D eigenvalue weighted by molar-refractivity contribution is 0.189. The third-order valence-corrected chi connectivity index (χ3v) is 4.87. The molecule has 1 fully saturated rings. The second kappa shape index (κ2) is 7.16.